The first-order valence-corrected chi connectivity index (χ1v) is 6.54. The van der Waals surface area contributed by atoms with Gasteiger partial charge < -0.3 is 15.2 Å². The first-order valence-electron chi connectivity index (χ1n) is 6.54. The lowest BCUT2D eigenvalue weighted by molar-refractivity contribution is 0.299. The largest absolute Gasteiger partial charge is 0.439 e. The summed E-state index contributed by atoms with van der Waals surface area (Å²) in [5, 5.41) is 11.9. The number of nitrogens with one attached hydrogen (secondary N) is 1. The van der Waals surface area contributed by atoms with Crippen LogP contribution in [0.5, 0.6) is 11.6 Å². The summed E-state index contributed by atoms with van der Waals surface area (Å²) in [7, 11) is 1.82. The summed E-state index contributed by atoms with van der Waals surface area (Å²) < 4.78 is 5.81. The molecule has 0 atom stereocenters. The molecule has 0 aliphatic carbocycles. The molecule has 0 aliphatic rings. The lowest BCUT2D eigenvalue weighted by atomic mass is 10.1. The van der Waals surface area contributed by atoms with Crippen LogP contribution in [0.2, 0.25) is 0 Å². The number of hydrogen-bond donors (Lipinski definition) is 2. The number of aliphatic hydroxyl groups is 1. The summed E-state index contributed by atoms with van der Waals surface area (Å²) >= 11 is 0. The molecule has 0 radical (unpaired) electrons. The minimum Gasteiger partial charge on any atom is -0.439 e. The minimum absolute atomic E-state index is 0.149. The summed E-state index contributed by atoms with van der Waals surface area (Å²) in [5.74, 6) is 2.70. The maximum absolute atomic E-state index is 8.89. The fourth-order valence-corrected chi connectivity index (χ4v) is 1.91. The van der Waals surface area contributed by atoms with Gasteiger partial charge in [-0.2, -0.15) is 4.98 Å². The van der Waals surface area contributed by atoms with E-state index in [1.807, 2.05) is 45.2 Å². The van der Waals surface area contributed by atoms with E-state index in [-0.39, 0.29) is 6.61 Å². The molecule has 1 aromatic carbocycles. The standard InChI is InChI=1S/C15H19N3O2/c1-10-14(16-3)17-11(2)18-15(10)20-13-6-4-12(5-7-13)8-9-19/h4-7,19H,8-9H2,1-3H3,(H,16,17,18). The molecule has 0 amide bonds. The van der Waals surface area contributed by atoms with E-state index in [1.165, 1.54) is 0 Å². The van der Waals surface area contributed by atoms with E-state index >= 15 is 0 Å². The summed E-state index contributed by atoms with van der Waals surface area (Å²) in [6.45, 7) is 3.90. The molecule has 0 unspecified atom stereocenters. The number of nitrogens with zero attached hydrogens (tertiary/aromatic N) is 2. The zero-order valence-corrected chi connectivity index (χ0v) is 12.0. The predicted molar refractivity (Wildman–Crippen MR) is 78.4 cm³/mol. The first-order chi connectivity index (χ1) is 9.63. The highest BCUT2D eigenvalue weighted by atomic mass is 16.5. The highest BCUT2D eigenvalue weighted by molar-refractivity contribution is 5.49. The van der Waals surface area contributed by atoms with Gasteiger partial charge in [0.05, 0.1) is 5.56 Å². The third-order valence-corrected chi connectivity index (χ3v) is 2.99. The molecule has 20 heavy (non-hydrogen) atoms. The van der Waals surface area contributed by atoms with Gasteiger partial charge in [0, 0.05) is 13.7 Å². The molecule has 0 bridgehead atoms. The van der Waals surface area contributed by atoms with Crippen molar-refractivity contribution in [3.63, 3.8) is 0 Å². The molecule has 2 N–H and O–H groups in total. The molecule has 5 heteroatoms. The van der Waals surface area contributed by atoms with E-state index in [4.69, 9.17) is 9.84 Å². The van der Waals surface area contributed by atoms with Crippen LogP contribution in [0, 0.1) is 13.8 Å². The number of ether oxygens (including phenoxy) is 1. The second-order valence-corrected chi connectivity index (χ2v) is 4.52. The van der Waals surface area contributed by atoms with Crippen molar-refractivity contribution < 1.29 is 9.84 Å². The second kappa shape index (κ2) is 6.34. The molecule has 0 saturated carbocycles. The van der Waals surface area contributed by atoms with Crippen LogP contribution in [0.4, 0.5) is 5.82 Å². The Labute approximate surface area is 118 Å². The van der Waals surface area contributed by atoms with Gasteiger partial charge in [0.25, 0.3) is 0 Å². The SMILES string of the molecule is CNc1nc(C)nc(Oc2ccc(CCO)cc2)c1C. The predicted octanol–water partition coefficient (Wildman–Crippen LogP) is 2.46. The van der Waals surface area contributed by atoms with Crippen LogP contribution in [0.3, 0.4) is 0 Å². The van der Waals surface area contributed by atoms with E-state index in [2.05, 4.69) is 15.3 Å². The first kappa shape index (κ1) is 14.3. The molecule has 1 aromatic heterocycles. The van der Waals surface area contributed by atoms with Crippen LogP contribution in [0.1, 0.15) is 17.0 Å². The molecular formula is C15H19N3O2. The van der Waals surface area contributed by atoms with Crippen molar-refractivity contribution in [3.05, 3.63) is 41.2 Å². The van der Waals surface area contributed by atoms with Crippen molar-refractivity contribution >= 4 is 5.82 Å². The molecule has 0 saturated heterocycles. The number of aliphatic hydroxyl groups excluding tert-OH is 1. The summed E-state index contributed by atoms with van der Waals surface area (Å²) in [6.07, 6.45) is 0.649. The third kappa shape index (κ3) is 3.24. The van der Waals surface area contributed by atoms with Crippen LogP contribution in [0.25, 0.3) is 0 Å². The quantitative estimate of drug-likeness (QED) is 0.876. The number of anilines is 1. The van der Waals surface area contributed by atoms with Crippen molar-refractivity contribution in [1.29, 1.82) is 0 Å². The van der Waals surface area contributed by atoms with Gasteiger partial charge in [0.15, 0.2) is 0 Å². The Balaban J connectivity index is 2.23. The fraction of sp³-hybridized carbons (Fsp3) is 0.333. The van der Waals surface area contributed by atoms with Crippen molar-refractivity contribution in [2.24, 2.45) is 0 Å². The monoisotopic (exact) mass is 273 g/mol. The van der Waals surface area contributed by atoms with Crippen LogP contribution >= 0.6 is 0 Å². The minimum atomic E-state index is 0.149. The Morgan fingerprint density at radius 3 is 2.45 bits per heavy atom. The molecule has 2 rings (SSSR count). The highest BCUT2D eigenvalue weighted by Gasteiger charge is 2.10. The maximum atomic E-state index is 8.89. The van der Waals surface area contributed by atoms with Gasteiger partial charge in [-0.05, 0) is 38.0 Å². The summed E-state index contributed by atoms with van der Waals surface area (Å²) in [6, 6.07) is 7.63. The topological polar surface area (TPSA) is 67.3 Å². The Morgan fingerprint density at radius 2 is 1.85 bits per heavy atom. The normalized spacial score (nSPS) is 10.4. The van der Waals surface area contributed by atoms with Gasteiger partial charge in [-0.15, -0.1) is 0 Å². The van der Waals surface area contributed by atoms with Gasteiger partial charge in [-0.3, -0.25) is 0 Å². The lowest BCUT2D eigenvalue weighted by Crippen LogP contribution is -2.03. The Morgan fingerprint density at radius 1 is 1.15 bits per heavy atom. The van der Waals surface area contributed by atoms with Crippen LogP contribution < -0.4 is 10.1 Å². The lowest BCUT2D eigenvalue weighted by Gasteiger charge is -2.12. The number of rotatable bonds is 5. The highest BCUT2D eigenvalue weighted by Crippen LogP contribution is 2.27. The number of benzene rings is 1. The molecule has 5 nitrogen and oxygen atoms in total. The zero-order chi connectivity index (χ0) is 14.5. The maximum Gasteiger partial charge on any atom is 0.227 e. The van der Waals surface area contributed by atoms with Crippen molar-refractivity contribution in [3.8, 4) is 11.6 Å². The van der Waals surface area contributed by atoms with Crippen LogP contribution in [-0.2, 0) is 6.42 Å². The Kier molecular flexibility index (Phi) is 4.53. The summed E-state index contributed by atoms with van der Waals surface area (Å²) in [5.41, 5.74) is 1.95. The van der Waals surface area contributed by atoms with Gasteiger partial charge >= 0.3 is 0 Å². The van der Waals surface area contributed by atoms with Gasteiger partial charge in [-0.25, -0.2) is 4.98 Å². The van der Waals surface area contributed by atoms with Crippen molar-refractivity contribution in [1.82, 2.24) is 9.97 Å². The van der Waals surface area contributed by atoms with Crippen molar-refractivity contribution in [2.75, 3.05) is 19.0 Å². The fourth-order valence-electron chi connectivity index (χ4n) is 1.91. The smallest absolute Gasteiger partial charge is 0.227 e. The van der Waals surface area contributed by atoms with Gasteiger partial charge in [-0.1, -0.05) is 12.1 Å². The number of hydrogen-bond acceptors (Lipinski definition) is 5. The average Bonchev–Trinajstić information content (AvgIpc) is 2.45. The zero-order valence-electron chi connectivity index (χ0n) is 12.0. The number of aromatic nitrogens is 2. The molecule has 0 aliphatic heterocycles. The molecule has 2 aromatic rings. The molecule has 0 fully saturated rings. The molecule has 0 spiro atoms. The Bertz CT molecular complexity index is 582. The van der Waals surface area contributed by atoms with E-state index in [0.29, 0.717) is 18.1 Å². The van der Waals surface area contributed by atoms with Crippen LogP contribution in [-0.4, -0.2) is 28.7 Å². The van der Waals surface area contributed by atoms with Gasteiger partial charge in [0.1, 0.15) is 17.4 Å². The van der Waals surface area contributed by atoms with E-state index in [9.17, 15) is 0 Å². The number of aryl methyl sites for hydroxylation is 1. The molecule has 106 valence electrons. The summed E-state index contributed by atoms with van der Waals surface area (Å²) in [4.78, 5) is 8.62. The Hall–Kier alpha value is -2.14. The third-order valence-electron chi connectivity index (χ3n) is 2.99. The van der Waals surface area contributed by atoms with E-state index in [0.717, 1.165) is 22.7 Å². The van der Waals surface area contributed by atoms with Crippen LogP contribution in [0.15, 0.2) is 24.3 Å². The van der Waals surface area contributed by atoms with E-state index in [1.54, 1.807) is 0 Å². The molecule has 1 heterocycles. The average molecular weight is 273 g/mol. The van der Waals surface area contributed by atoms with E-state index < -0.39 is 0 Å². The van der Waals surface area contributed by atoms with Crippen molar-refractivity contribution in [2.45, 2.75) is 20.3 Å². The second-order valence-electron chi connectivity index (χ2n) is 4.52. The molecular weight excluding hydrogens is 254 g/mol. The van der Waals surface area contributed by atoms with Gasteiger partial charge in [0.2, 0.25) is 5.88 Å².